The van der Waals surface area contributed by atoms with Crippen molar-refractivity contribution in [1.82, 2.24) is 10.6 Å². The summed E-state index contributed by atoms with van der Waals surface area (Å²) >= 11 is 0. The maximum absolute atomic E-state index is 12.0. The van der Waals surface area contributed by atoms with Gasteiger partial charge in [0.15, 0.2) is 0 Å². The van der Waals surface area contributed by atoms with Crippen LogP contribution in [-0.2, 0) is 9.59 Å². The molecular formula is C13H22N2O3. The van der Waals surface area contributed by atoms with Gasteiger partial charge in [0.05, 0.1) is 11.8 Å². The van der Waals surface area contributed by atoms with E-state index in [1.165, 1.54) is 0 Å². The highest BCUT2D eigenvalue weighted by molar-refractivity contribution is 5.79. The fraction of sp³-hybridized carbons (Fsp3) is 0.846. The molecule has 1 aliphatic heterocycles. The van der Waals surface area contributed by atoms with Crippen LogP contribution in [0.1, 0.15) is 26.2 Å². The molecule has 0 aromatic heterocycles. The van der Waals surface area contributed by atoms with E-state index in [0.717, 1.165) is 32.4 Å². The van der Waals surface area contributed by atoms with Crippen LogP contribution in [0, 0.1) is 23.7 Å². The summed E-state index contributed by atoms with van der Waals surface area (Å²) in [5.74, 6) is -0.412. The van der Waals surface area contributed by atoms with Crippen molar-refractivity contribution in [3.8, 4) is 0 Å². The maximum atomic E-state index is 12.0. The van der Waals surface area contributed by atoms with Crippen LogP contribution >= 0.6 is 0 Å². The maximum Gasteiger partial charge on any atom is 0.306 e. The summed E-state index contributed by atoms with van der Waals surface area (Å²) in [4.78, 5) is 23.0. The molecule has 3 N–H and O–H groups in total. The van der Waals surface area contributed by atoms with Crippen LogP contribution in [0.15, 0.2) is 0 Å². The van der Waals surface area contributed by atoms with E-state index in [9.17, 15) is 9.59 Å². The first kappa shape index (κ1) is 13.3. The number of carbonyl (C=O) groups is 2. The van der Waals surface area contributed by atoms with Crippen LogP contribution in [0.5, 0.6) is 0 Å². The average Bonchev–Trinajstić information content (AvgIpc) is 2.94. The Kier molecular flexibility index (Phi) is 4.22. The molecule has 2 fully saturated rings. The van der Waals surface area contributed by atoms with Crippen molar-refractivity contribution >= 4 is 11.9 Å². The number of nitrogens with one attached hydrogen (secondary N) is 2. The van der Waals surface area contributed by atoms with Crippen LogP contribution in [0.2, 0.25) is 0 Å². The van der Waals surface area contributed by atoms with Gasteiger partial charge in [-0.05, 0) is 31.2 Å². The van der Waals surface area contributed by atoms with Gasteiger partial charge < -0.3 is 15.7 Å². The number of carboxylic acids is 1. The minimum atomic E-state index is -0.720. The highest BCUT2D eigenvalue weighted by Gasteiger charge is 2.34. The Balaban J connectivity index is 1.80. The van der Waals surface area contributed by atoms with Gasteiger partial charge in [0.2, 0.25) is 5.91 Å². The van der Waals surface area contributed by atoms with Crippen molar-refractivity contribution in [3.05, 3.63) is 0 Å². The van der Waals surface area contributed by atoms with Crippen molar-refractivity contribution in [2.45, 2.75) is 26.2 Å². The first-order valence-corrected chi connectivity index (χ1v) is 6.81. The number of hydrogen-bond acceptors (Lipinski definition) is 3. The molecule has 102 valence electrons. The fourth-order valence-electron chi connectivity index (χ4n) is 3.13. The lowest BCUT2D eigenvalue weighted by atomic mass is 9.94. The second kappa shape index (κ2) is 5.69. The van der Waals surface area contributed by atoms with Crippen LogP contribution in [0.3, 0.4) is 0 Å². The molecule has 0 spiro atoms. The molecule has 2 aliphatic rings. The summed E-state index contributed by atoms with van der Waals surface area (Å²) in [6.07, 6.45) is 2.62. The van der Waals surface area contributed by atoms with Gasteiger partial charge in [-0.3, -0.25) is 9.59 Å². The monoisotopic (exact) mass is 254 g/mol. The number of hydrogen-bond donors (Lipinski definition) is 3. The predicted octanol–water partition coefficient (Wildman–Crippen LogP) is 0.459. The van der Waals surface area contributed by atoms with E-state index in [1.54, 1.807) is 0 Å². The lowest BCUT2D eigenvalue weighted by Gasteiger charge is -2.19. The third kappa shape index (κ3) is 2.83. The summed E-state index contributed by atoms with van der Waals surface area (Å²) in [6.45, 7) is 4.21. The molecule has 0 bridgehead atoms. The highest BCUT2D eigenvalue weighted by Crippen LogP contribution is 2.31. The minimum Gasteiger partial charge on any atom is -0.481 e. The van der Waals surface area contributed by atoms with Gasteiger partial charge in [-0.15, -0.1) is 0 Å². The molecular weight excluding hydrogens is 232 g/mol. The highest BCUT2D eigenvalue weighted by atomic mass is 16.4. The zero-order valence-corrected chi connectivity index (χ0v) is 10.8. The van der Waals surface area contributed by atoms with E-state index in [-0.39, 0.29) is 23.7 Å². The SMILES string of the molecule is C[C@@H]1CNC[C@H]1C(=O)NCC1CCCC1C(=O)O. The first-order chi connectivity index (χ1) is 8.59. The topological polar surface area (TPSA) is 78.4 Å². The normalized spacial score (nSPS) is 35.6. The summed E-state index contributed by atoms with van der Waals surface area (Å²) in [5.41, 5.74) is 0. The van der Waals surface area contributed by atoms with Gasteiger partial charge in [-0.2, -0.15) is 0 Å². The third-order valence-corrected chi connectivity index (χ3v) is 4.37. The van der Waals surface area contributed by atoms with E-state index in [1.807, 2.05) is 0 Å². The minimum absolute atomic E-state index is 0.0367. The fourth-order valence-corrected chi connectivity index (χ4v) is 3.13. The predicted molar refractivity (Wildman–Crippen MR) is 67.0 cm³/mol. The zero-order valence-electron chi connectivity index (χ0n) is 10.8. The largest absolute Gasteiger partial charge is 0.481 e. The molecule has 5 nitrogen and oxygen atoms in total. The Morgan fingerprint density at radius 3 is 2.67 bits per heavy atom. The van der Waals surface area contributed by atoms with Gasteiger partial charge in [-0.1, -0.05) is 13.3 Å². The molecule has 0 aromatic rings. The van der Waals surface area contributed by atoms with Crippen LogP contribution < -0.4 is 10.6 Å². The Morgan fingerprint density at radius 1 is 1.28 bits per heavy atom. The lowest BCUT2D eigenvalue weighted by molar-refractivity contribution is -0.143. The quantitative estimate of drug-likeness (QED) is 0.681. The van der Waals surface area contributed by atoms with E-state index >= 15 is 0 Å². The summed E-state index contributed by atoms with van der Waals surface area (Å²) in [5, 5.41) is 15.2. The average molecular weight is 254 g/mol. The van der Waals surface area contributed by atoms with Crippen LogP contribution in [0.25, 0.3) is 0 Å². The lowest BCUT2D eigenvalue weighted by Crippen LogP contribution is -2.38. The molecule has 1 saturated carbocycles. The molecule has 4 atom stereocenters. The van der Waals surface area contributed by atoms with Gasteiger partial charge in [0.1, 0.15) is 0 Å². The van der Waals surface area contributed by atoms with Gasteiger partial charge in [0, 0.05) is 13.1 Å². The molecule has 0 aromatic carbocycles. The van der Waals surface area contributed by atoms with Crippen molar-refractivity contribution in [3.63, 3.8) is 0 Å². The second-order valence-corrected chi connectivity index (χ2v) is 5.62. The Bertz CT molecular complexity index is 332. The zero-order chi connectivity index (χ0) is 13.1. The molecule has 1 amide bonds. The smallest absolute Gasteiger partial charge is 0.306 e. The van der Waals surface area contributed by atoms with Crippen LogP contribution in [-0.4, -0.2) is 36.6 Å². The molecule has 2 unspecified atom stereocenters. The van der Waals surface area contributed by atoms with E-state index in [2.05, 4.69) is 17.6 Å². The summed E-state index contributed by atoms with van der Waals surface area (Å²) in [7, 11) is 0. The molecule has 2 rings (SSSR count). The van der Waals surface area contributed by atoms with Crippen molar-refractivity contribution in [1.29, 1.82) is 0 Å². The van der Waals surface area contributed by atoms with Gasteiger partial charge in [-0.25, -0.2) is 0 Å². The number of carbonyl (C=O) groups excluding carboxylic acids is 1. The Hall–Kier alpha value is -1.10. The summed E-state index contributed by atoms with van der Waals surface area (Å²) in [6, 6.07) is 0. The second-order valence-electron chi connectivity index (χ2n) is 5.62. The number of amides is 1. The van der Waals surface area contributed by atoms with Gasteiger partial charge in [0.25, 0.3) is 0 Å². The van der Waals surface area contributed by atoms with E-state index < -0.39 is 5.97 Å². The molecule has 1 saturated heterocycles. The van der Waals surface area contributed by atoms with Crippen molar-refractivity contribution < 1.29 is 14.7 Å². The van der Waals surface area contributed by atoms with Crippen molar-refractivity contribution in [2.24, 2.45) is 23.7 Å². The van der Waals surface area contributed by atoms with Gasteiger partial charge >= 0.3 is 5.97 Å². The molecule has 18 heavy (non-hydrogen) atoms. The Morgan fingerprint density at radius 2 is 2.06 bits per heavy atom. The molecule has 5 heteroatoms. The number of rotatable bonds is 4. The Labute approximate surface area is 107 Å². The third-order valence-electron chi connectivity index (χ3n) is 4.37. The molecule has 0 radical (unpaired) electrons. The number of aliphatic carboxylic acids is 1. The number of carboxylic acid groups (broad SMARTS) is 1. The molecule has 1 heterocycles. The first-order valence-electron chi connectivity index (χ1n) is 6.81. The van der Waals surface area contributed by atoms with Crippen LogP contribution in [0.4, 0.5) is 0 Å². The van der Waals surface area contributed by atoms with E-state index in [0.29, 0.717) is 12.5 Å². The van der Waals surface area contributed by atoms with E-state index in [4.69, 9.17) is 5.11 Å². The standard InChI is InChI=1S/C13H22N2O3/c1-8-5-14-7-11(8)12(16)15-6-9-3-2-4-10(9)13(17)18/h8-11,14H,2-7H2,1H3,(H,15,16)(H,17,18)/t8-,9?,10?,11-/m1/s1. The summed E-state index contributed by atoms with van der Waals surface area (Å²) < 4.78 is 0. The van der Waals surface area contributed by atoms with Crippen molar-refractivity contribution in [2.75, 3.05) is 19.6 Å². The molecule has 1 aliphatic carbocycles.